The molecule has 2 N–H and O–H groups in total. The standard InChI is InChI=1S/C15H20N2O3/c1-16-15(20)13-4-2-3-9-17(13)10-14(19)11-5-7-12(18)8-6-11/h5-8,13,18H,2-4,9-10H2,1H3,(H,16,20). The number of phenols is 1. The lowest BCUT2D eigenvalue weighted by molar-refractivity contribution is -0.126. The average molecular weight is 276 g/mol. The number of carbonyl (C=O) groups excluding carboxylic acids is 2. The van der Waals surface area contributed by atoms with E-state index >= 15 is 0 Å². The minimum atomic E-state index is -0.213. The van der Waals surface area contributed by atoms with Crippen LogP contribution in [0, 0.1) is 0 Å². The Bertz CT molecular complexity index is 484. The van der Waals surface area contributed by atoms with Crippen molar-refractivity contribution in [2.75, 3.05) is 20.1 Å². The number of carbonyl (C=O) groups is 2. The second-order valence-electron chi connectivity index (χ2n) is 5.07. The molecule has 1 amide bonds. The van der Waals surface area contributed by atoms with E-state index in [1.807, 2.05) is 4.90 Å². The molecule has 108 valence electrons. The Hall–Kier alpha value is -1.88. The number of phenolic OH excluding ortho intramolecular Hbond substituents is 1. The van der Waals surface area contributed by atoms with Crippen LogP contribution in [0.3, 0.4) is 0 Å². The minimum absolute atomic E-state index is 0.0248. The molecule has 0 spiro atoms. The number of amides is 1. The molecule has 1 aliphatic rings. The number of ketones is 1. The van der Waals surface area contributed by atoms with Crippen LogP contribution in [0.5, 0.6) is 5.75 Å². The fraction of sp³-hybridized carbons (Fsp3) is 0.467. The summed E-state index contributed by atoms with van der Waals surface area (Å²) in [5, 5.41) is 11.9. The van der Waals surface area contributed by atoms with Gasteiger partial charge in [0, 0.05) is 12.6 Å². The minimum Gasteiger partial charge on any atom is -0.508 e. The first-order valence-corrected chi connectivity index (χ1v) is 6.89. The number of nitrogens with zero attached hydrogens (tertiary/aromatic N) is 1. The molecule has 0 radical (unpaired) electrons. The number of rotatable bonds is 4. The van der Waals surface area contributed by atoms with Crippen molar-refractivity contribution in [3.05, 3.63) is 29.8 Å². The van der Waals surface area contributed by atoms with Crippen molar-refractivity contribution in [2.45, 2.75) is 25.3 Å². The van der Waals surface area contributed by atoms with E-state index in [2.05, 4.69) is 5.32 Å². The van der Waals surface area contributed by atoms with Gasteiger partial charge in [-0.25, -0.2) is 0 Å². The van der Waals surface area contributed by atoms with Gasteiger partial charge in [-0.15, -0.1) is 0 Å². The smallest absolute Gasteiger partial charge is 0.237 e. The molecule has 20 heavy (non-hydrogen) atoms. The fourth-order valence-electron chi connectivity index (χ4n) is 2.57. The Morgan fingerprint density at radius 1 is 1.30 bits per heavy atom. The van der Waals surface area contributed by atoms with Crippen LogP contribution < -0.4 is 5.32 Å². The highest BCUT2D eigenvalue weighted by molar-refractivity contribution is 5.98. The number of likely N-dealkylation sites (tertiary alicyclic amines) is 1. The van der Waals surface area contributed by atoms with Crippen LogP contribution in [0.25, 0.3) is 0 Å². The van der Waals surface area contributed by atoms with E-state index in [-0.39, 0.29) is 30.0 Å². The Labute approximate surface area is 118 Å². The Balaban J connectivity index is 2.04. The molecule has 1 fully saturated rings. The number of aromatic hydroxyl groups is 1. The highest BCUT2D eigenvalue weighted by Crippen LogP contribution is 2.18. The predicted octanol–water partition coefficient (Wildman–Crippen LogP) is 1.18. The van der Waals surface area contributed by atoms with Crippen molar-refractivity contribution in [3.8, 4) is 5.75 Å². The fourth-order valence-corrected chi connectivity index (χ4v) is 2.57. The molecule has 0 bridgehead atoms. The summed E-state index contributed by atoms with van der Waals surface area (Å²) in [6.07, 6.45) is 2.82. The van der Waals surface area contributed by atoms with Crippen LogP contribution in [0.2, 0.25) is 0 Å². The summed E-state index contributed by atoms with van der Waals surface area (Å²) in [4.78, 5) is 26.0. The molecule has 0 aromatic heterocycles. The van der Waals surface area contributed by atoms with Gasteiger partial charge in [-0.05, 0) is 43.7 Å². The summed E-state index contributed by atoms with van der Waals surface area (Å²) in [5.74, 6) is 0.0896. The molecule has 1 aromatic rings. The van der Waals surface area contributed by atoms with Crippen molar-refractivity contribution < 1.29 is 14.7 Å². The van der Waals surface area contributed by atoms with E-state index in [4.69, 9.17) is 0 Å². The van der Waals surface area contributed by atoms with E-state index in [1.54, 1.807) is 19.2 Å². The third kappa shape index (κ3) is 3.36. The van der Waals surface area contributed by atoms with Crippen LogP contribution in [-0.2, 0) is 4.79 Å². The number of hydrogen-bond donors (Lipinski definition) is 2. The molecular formula is C15H20N2O3. The van der Waals surface area contributed by atoms with Crippen LogP contribution in [-0.4, -0.2) is 47.9 Å². The van der Waals surface area contributed by atoms with E-state index in [1.165, 1.54) is 12.1 Å². The first-order valence-electron chi connectivity index (χ1n) is 6.89. The zero-order chi connectivity index (χ0) is 14.5. The molecular weight excluding hydrogens is 256 g/mol. The Kier molecular flexibility index (Phi) is 4.74. The van der Waals surface area contributed by atoms with Gasteiger partial charge in [0.05, 0.1) is 12.6 Å². The highest BCUT2D eigenvalue weighted by Gasteiger charge is 2.29. The SMILES string of the molecule is CNC(=O)C1CCCCN1CC(=O)c1ccc(O)cc1. The summed E-state index contributed by atoms with van der Waals surface area (Å²) in [6.45, 7) is 1.00. The first-order chi connectivity index (χ1) is 9.61. The number of nitrogens with one attached hydrogen (secondary N) is 1. The van der Waals surface area contributed by atoms with Crippen molar-refractivity contribution >= 4 is 11.7 Å². The largest absolute Gasteiger partial charge is 0.508 e. The summed E-state index contributed by atoms with van der Waals surface area (Å²) in [5.41, 5.74) is 0.559. The molecule has 0 aliphatic carbocycles. The maximum absolute atomic E-state index is 12.2. The van der Waals surface area contributed by atoms with Gasteiger partial charge >= 0.3 is 0 Å². The van der Waals surface area contributed by atoms with Gasteiger partial charge in [0.25, 0.3) is 0 Å². The zero-order valence-electron chi connectivity index (χ0n) is 11.6. The van der Waals surface area contributed by atoms with Crippen LogP contribution in [0.1, 0.15) is 29.6 Å². The van der Waals surface area contributed by atoms with Gasteiger partial charge in [-0.2, -0.15) is 0 Å². The quantitative estimate of drug-likeness (QED) is 0.810. The molecule has 5 nitrogen and oxygen atoms in total. The Morgan fingerprint density at radius 3 is 2.65 bits per heavy atom. The van der Waals surface area contributed by atoms with E-state index in [9.17, 15) is 14.7 Å². The van der Waals surface area contributed by atoms with E-state index < -0.39 is 0 Å². The lowest BCUT2D eigenvalue weighted by Crippen LogP contribution is -2.50. The number of hydrogen-bond acceptors (Lipinski definition) is 4. The summed E-state index contributed by atoms with van der Waals surface area (Å²) < 4.78 is 0. The molecule has 2 rings (SSSR count). The second kappa shape index (κ2) is 6.52. The van der Waals surface area contributed by atoms with Gasteiger partial charge in [0.1, 0.15) is 5.75 Å². The van der Waals surface area contributed by atoms with Gasteiger partial charge in [0.15, 0.2) is 5.78 Å². The van der Waals surface area contributed by atoms with Crippen molar-refractivity contribution in [3.63, 3.8) is 0 Å². The monoisotopic (exact) mass is 276 g/mol. The summed E-state index contributed by atoms with van der Waals surface area (Å²) in [6, 6.07) is 6.00. The molecule has 1 aromatic carbocycles. The second-order valence-corrected chi connectivity index (χ2v) is 5.07. The number of Topliss-reactive ketones (excluding diaryl/α,β-unsaturated/α-hetero) is 1. The average Bonchev–Trinajstić information content (AvgIpc) is 2.47. The molecule has 0 saturated carbocycles. The normalized spacial score (nSPS) is 19.6. The highest BCUT2D eigenvalue weighted by atomic mass is 16.3. The maximum Gasteiger partial charge on any atom is 0.237 e. The number of piperidine rings is 1. The van der Waals surface area contributed by atoms with Crippen LogP contribution in [0.15, 0.2) is 24.3 Å². The maximum atomic E-state index is 12.2. The lowest BCUT2D eigenvalue weighted by Gasteiger charge is -2.33. The third-order valence-corrected chi connectivity index (χ3v) is 3.70. The third-order valence-electron chi connectivity index (χ3n) is 3.70. The number of benzene rings is 1. The van der Waals surface area contributed by atoms with Gasteiger partial charge in [-0.3, -0.25) is 14.5 Å². The molecule has 1 aliphatic heterocycles. The number of likely N-dealkylation sites (N-methyl/N-ethyl adjacent to an activating group) is 1. The molecule has 5 heteroatoms. The topological polar surface area (TPSA) is 69.6 Å². The first kappa shape index (κ1) is 14.5. The van der Waals surface area contributed by atoms with Crippen LogP contribution >= 0.6 is 0 Å². The summed E-state index contributed by atoms with van der Waals surface area (Å²) in [7, 11) is 1.62. The lowest BCUT2D eigenvalue weighted by atomic mass is 10.00. The van der Waals surface area contributed by atoms with Crippen molar-refractivity contribution in [2.24, 2.45) is 0 Å². The zero-order valence-corrected chi connectivity index (χ0v) is 11.6. The van der Waals surface area contributed by atoms with Crippen molar-refractivity contribution in [1.29, 1.82) is 0 Å². The molecule has 1 saturated heterocycles. The van der Waals surface area contributed by atoms with E-state index in [0.29, 0.717) is 5.56 Å². The van der Waals surface area contributed by atoms with Crippen LogP contribution in [0.4, 0.5) is 0 Å². The molecule has 1 atom stereocenters. The van der Waals surface area contributed by atoms with Gasteiger partial charge in [-0.1, -0.05) is 6.42 Å². The Morgan fingerprint density at radius 2 is 2.00 bits per heavy atom. The molecule has 1 unspecified atom stereocenters. The predicted molar refractivity (Wildman–Crippen MR) is 75.7 cm³/mol. The van der Waals surface area contributed by atoms with Gasteiger partial charge in [0.2, 0.25) is 5.91 Å². The van der Waals surface area contributed by atoms with Gasteiger partial charge < -0.3 is 10.4 Å². The van der Waals surface area contributed by atoms with Crippen molar-refractivity contribution in [1.82, 2.24) is 10.2 Å². The van der Waals surface area contributed by atoms with E-state index in [0.717, 1.165) is 25.8 Å². The molecule has 1 heterocycles. The summed E-state index contributed by atoms with van der Waals surface area (Å²) >= 11 is 0.